The van der Waals surface area contributed by atoms with Crippen molar-refractivity contribution in [3.05, 3.63) is 119 Å². The summed E-state index contributed by atoms with van der Waals surface area (Å²) in [5.74, 6) is 0.0799. The van der Waals surface area contributed by atoms with E-state index in [9.17, 15) is 20.4 Å². The molecular weight excluding hydrogens is 599 g/mol. The molecule has 4 aromatic rings. The summed E-state index contributed by atoms with van der Waals surface area (Å²) < 4.78 is 10.1. The molecule has 12 nitrogen and oxygen atoms in total. The van der Waals surface area contributed by atoms with Crippen LogP contribution in [0.3, 0.4) is 0 Å². The second kappa shape index (κ2) is 19.8. The maximum Gasteiger partial charge on any atom is 2.00 e. The number of hydrogen-bond acceptors (Lipinski definition) is 10. The average molecular weight is 630 g/mol. The Bertz CT molecular complexity index is 1390. The van der Waals surface area contributed by atoms with Crippen LogP contribution < -0.4 is 19.7 Å². The van der Waals surface area contributed by atoms with E-state index in [1.54, 1.807) is 87.0 Å². The zero-order valence-electron chi connectivity index (χ0n) is 23.1. The van der Waals surface area contributed by atoms with E-state index in [0.717, 1.165) is 22.6 Å². The van der Waals surface area contributed by atoms with Crippen molar-refractivity contribution < 1.29 is 57.9 Å². The summed E-state index contributed by atoms with van der Waals surface area (Å²) in [5.41, 5.74) is 1.83. The van der Waals surface area contributed by atoms with E-state index >= 15 is 0 Å². The molecule has 0 amide bonds. The van der Waals surface area contributed by atoms with Gasteiger partial charge in [0, 0.05) is 22.9 Å². The van der Waals surface area contributed by atoms with Crippen LogP contribution in [0.2, 0.25) is 0 Å². The standard InChI is InChI=1S/2C15H14N2O3.Mn.2H2O/c2*1-20-12-8-6-11(7-9-12)10-16-17-15(19)13-4-2-3-5-14(13)18;;;/h2*2-10,18H,1H3,(H,17,19);;2*1H2/q;;+2;;/p-2. The Labute approximate surface area is 258 Å². The van der Waals surface area contributed by atoms with Gasteiger partial charge in [-0.15, -0.1) is 0 Å². The molecule has 0 bridgehead atoms. The minimum atomic E-state index is -0.590. The number of methoxy groups -OCH3 is 2. The number of aromatic hydroxyl groups is 2. The van der Waals surface area contributed by atoms with Crippen LogP contribution in [0.5, 0.6) is 23.0 Å². The first-order valence-corrected chi connectivity index (χ1v) is 11.8. The molecular formula is C30H30MnN4O8. The maximum absolute atomic E-state index is 11.7. The summed E-state index contributed by atoms with van der Waals surface area (Å²) >= 11 is 0. The van der Waals surface area contributed by atoms with Crippen molar-refractivity contribution in [1.82, 2.24) is 0 Å². The van der Waals surface area contributed by atoms with E-state index in [0.29, 0.717) is 0 Å². The summed E-state index contributed by atoms with van der Waals surface area (Å²) in [5, 5.41) is 56.9. The third-order valence-electron chi connectivity index (χ3n) is 5.21. The van der Waals surface area contributed by atoms with Gasteiger partial charge in [0.05, 0.1) is 26.6 Å². The number of para-hydroxylation sites is 2. The molecule has 0 aromatic heterocycles. The van der Waals surface area contributed by atoms with Crippen molar-refractivity contribution >= 4 is 24.2 Å². The Morgan fingerprint density at radius 3 is 1.21 bits per heavy atom. The largest absolute Gasteiger partial charge is 2.00 e. The van der Waals surface area contributed by atoms with Crippen LogP contribution in [0, 0.1) is 0 Å². The van der Waals surface area contributed by atoms with Gasteiger partial charge in [0.1, 0.15) is 23.0 Å². The predicted octanol–water partition coefficient (Wildman–Crippen LogP) is 1.43. The average Bonchev–Trinajstić information content (AvgIpc) is 2.98. The molecule has 6 N–H and O–H groups in total. The van der Waals surface area contributed by atoms with E-state index in [1.165, 1.54) is 36.7 Å². The molecule has 13 heteroatoms. The minimum absolute atomic E-state index is 0. The number of hydrogen-bond donors (Lipinski definition) is 2. The Hall–Kier alpha value is -5.20. The summed E-state index contributed by atoms with van der Waals surface area (Å²) in [7, 11) is 3.17. The summed E-state index contributed by atoms with van der Waals surface area (Å²) in [6, 6.07) is 26.7. The van der Waals surface area contributed by atoms with Gasteiger partial charge < -0.3 is 40.9 Å². The molecule has 0 saturated heterocycles. The van der Waals surface area contributed by atoms with Crippen LogP contribution in [0.25, 0.3) is 0 Å². The molecule has 0 aliphatic rings. The van der Waals surface area contributed by atoms with Crippen molar-refractivity contribution in [1.29, 1.82) is 0 Å². The van der Waals surface area contributed by atoms with Gasteiger partial charge in [-0.25, -0.2) is 0 Å². The number of phenols is 2. The molecule has 0 saturated carbocycles. The molecule has 4 aromatic carbocycles. The number of benzene rings is 4. The van der Waals surface area contributed by atoms with Gasteiger partial charge in [0.25, 0.3) is 0 Å². The smallest absolute Gasteiger partial charge is 0.857 e. The molecule has 0 atom stereocenters. The van der Waals surface area contributed by atoms with Crippen molar-refractivity contribution in [2.75, 3.05) is 14.2 Å². The SMILES string of the molecule is COc1ccc(C=N/N=C(\[O-])c2ccccc2O)cc1.COc1ccc(C=N/N=C(\[O-])c2ccccc2O)cc1.O.O.[Mn+2]. The molecule has 0 fully saturated rings. The van der Waals surface area contributed by atoms with E-state index < -0.39 is 11.8 Å². The van der Waals surface area contributed by atoms with Gasteiger partial charge in [-0.3, -0.25) is 0 Å². The summed E-state index contributed by atoms with van der Waals surface area (Å²) in [6.07, 6.45) is 2.91. The number of nitrogens with zero attached hydrogens (tertiary/aromatic N) is 4. The molecule has 0 spiro atoms. The van der Waals surface area contributed by atoms with Crippen molar-refractivity contribution in [3.63, 3.8) is 0 Å². The Kier molecular flexibility index (Phi) is 17.4. The van der Waals surface area contributed by atoms with E-state index in [1.807, 2.05) is 0 Å². The fourth-order valence-electron chi connectivity index (χ4n) is 3.09. The van der Waals surface area contributed by atoms with Crippen LogP contribution in [0.1, 0.15) is 22.3 Å². The van der Waals surface area contributed by atoms with Gasteiger partial charge in [-0.05, 0) is 71.8 Å². The van der Waals surface area contributed by atoms with Gasteiger partial charge in [-0.2, -0.15) is 20.4 Å². The second-order valence-electron chi connectivity index (χ2n) is 7.88. The first-order chi connectivity index (χ1) is 19.4. The van der Waals surface area contributed by atoms with Crippen LogP contribution >= 0.6 is 0 Å². The van der Waals surface area contributed by atoms with Gasteiger partial charge in [0.2, 0.25) is 0 Å². The van der Waals surface area contributed by atoms with Crippen LogP contribution in [-0.2, 0) is 17.1 Å². The molecule has 225 valence electrons. The number of ether oxygens (including phenoxy) is 2. The fraction of sp³-hybridized carbons (Fsp3) is 0.0667. The summed E-state index contributed by atoms with van der Waals surface area (Å²) in [6.45, 7) is 0. The van der Waals surface area contributed by atoms with Crippen LogP contribution in [0.4, 0.5) is 0 Å². The molecule has 0 heterocycles. The first kappa shape index (κ1) is 37.8. The minimum Gasteiger partial charge on any atom is -0.857 e. The van der Waals surface area contributed by atoms with Crippen LogP contribution in [0.15, 0.2) is 117 Å². The monoisotopic (exact) mass is 629 g/mol. The van der Waals surface area contributed by atoms with E-state index in [-0.39, 0.29) is 50.6 Å². The topological polar surface area (TPSA) is 217 Å². The van der Waals surface area contributed by atoms with Crippen molar-refractivity contribution in [2.24, 2.45) is 20.4 Å². The zero-order valence-corrected chi connectivity index (χ0v) is 24.3. The van der Waals surface area contributed by atoms with Gasteiger partial charge >= 0.3 is 17.1 Å². The van der Waals surface area contributed by atoms with Gasteiger partial charge in [-0.1, -0.05) is 36.4 Å². The third kappa shape index (κ3) is 12.1. The molecule has 43 heavy (non-hydrogen) atoms. The summed E-state index contributed by atoms with van der Waals surface area (Å²) in [4.78, 5) is 0. The number of phenolic OH excluding ortho intramolecular Hbond substituents is 2. The molecule has 1 radical (unpaired) electrons. The third-order valence-corrected chi connectivity index (χ3v) is 5.21. The predicted molar refractivity (Wildman–Crippen MR) is 158 cm³/mol. The number of rotatable bonds is 8. The Morgan fingerprint density at radius 2 is 0.907 bits per heavy atom. The molecule has 0 unspecified atom stereocenters. The quantitative estimate of drug-likeness (QED) is 0.127. The second-order valence-corrected chi connectivity index (χ2v) is 7.88. The van der Waals surface area contributed by atoms with Crippen molar-refractivity contribution in [2.45, 2.75) is 0 Å². The normalized spacial score (nSPS) is 10.9. The van der Waals surface area contributed by atoms with E-state index in [4.69, 9.17) is 9.47 Å². The Morgan fingerprint density at radius 1 is 0.581 bits per heavy atom. The Balaban J connectivity index is 0.000000767. The van der Waals surface area contributed by atoms with E-state index in [2.05, 4.69) is 20.4 Å². The molecule has 4 rings (SSSR count). The van der Waals surface area contributed by atoms with Crippen molar-refractivity contribution in [3.8, 4) is 23.0 Å². The first-order valence-electron chi connectivity index (χ1n) is 11.8. The molecule has 0 aliphatic heterocycles. The molecule has 0 aliphatic carbocycles. The van der Waals surface area contributed by atoms with Crippen LogP contribution in [-0.4, -0.2) is 59.6 Å². The fourth-order valence-corrected chi connectivity index (χ4v) is 3.09. The zero-order chi connectivity index (χ0) is 28.7. The maximum atomic E-state index is 11.7. The van der Waals surface area contributed by atoms with Gasteiger partial charge in [0.15, 0.2) is 0 Å².